The minimum absolute atomic E-state index is 0. The van der Waals surface area contributed by atoms with Crippen LogP contribution in [0.4, 0.5) is 0 Å². The van der Waals surface area contributed by atoms with Crippen LogP contribution in [-0.2, 0) is 17.8 Å². The molecule has 0 aliphatic rings. The minimum Gasteiger partial charge on any atom is -0.550 e. The summed E-state index contributed by atoms with van der Waals surface area (Å²) < 4.78 is 1.64. The quantitative estimate of drug-likeness (QED) is 0.479. The van der Waals surface area contributed by atoms with Crippen molar-refractivity contribution in [3.05, 3.63) is 41.6 Å². The summed E-state index contributed by atoms with van der Waals surface area (Å²) in [7, 11) is 0. The van der Waals surface area contributed by atoms with Gasteiger partial charge in [0.25, 0.3) is 0 Å². The number of carbonyl (C=O) groups is 1. The number of hydrogen-bond donors (Lipinski definition) is 1. The predicted molar refractivity (Wildman–Crippen MR) is 66.1 cm³/mol. The normalized spacial score (nSPS) is 9.95. The zero-order chi connectivity index (χ0) is 13.0. The molecule has 1 aromatic carbocycles. The predicted octanol–water partition coefficient (Wildman–Crippen LogP) is -2.70. The zero-order valence-electron chi connectivity index (χ0n) is 10.6. The van der Waals surface area contributed by atoms with E-state index in [0.717, 1.165) is 5.56 Å². The molecule has 0 saturated heterocycles. The molecule has 0 bridgehead atoms. The maximum Gasteiger partial charge on any atom is 1.00 e. The average Bonchev–Trinajstić information content (AvgIpc) is 2.70. The molecule has 0 atom stereocenters. The van der Waals surface area contributed by atoms with Crippen molar-refractivity contribution in [2.45, 2.75) is 24.4 Å². The van der Waals surface area contributed by atoms with Gasteiger partial charge in [-0.15, -0.1) is 17.7 Å². The van der Waals surface area contributed by atoms with Gasteiger partial charge in [-0.25, -0.2) is 4.68 Å². The zero-order valence-corrected chi connectivity index (χ0v) is 13.5. The first kappa shape index (κ1) is 16.2. The molecular formula is C12H12N3NaO2S. The summed E-state index contributed by atoms with van der Waals surface area (Å²) in [6.07, 6.45) is 0.216. The summed E-state index contributed by atoms with van der Waals surface area (Å²) in [6, 6.07) is 9.80. The number of benzene rings is 1. The Morgan fingerprint density at radius 1 is 1.32 bits per heavy atom. The first-order valence-electron chi connectivity index (χ1n) is 5.52. The van der Waals surface area contributed by atoms with Crippen LogP contribution in [0.3, 0.4) is 0 Å². The first-order chi connectivity index (χ1) is 8.66. The smallest absolute Gasteiger partial charge is 0.550 e. The Bertz CT molecular complexity index is 545. The Kier molecular flexibility index (Phi) is 6.57. The number of rotatable bonds is 5. The second-order valence-electron chi connectivity index (χ2n) is 3.87. The molecule has 0 amide bonds. The summed E-state index contributed by atoms with van der Waals surface area (Å²) in [4.78, 5) is 10.4. The fraction of sp³-hybridized carbons (Fsp3) is 0.250. The van der Waals surface area contributed by atoms with Crippen LogP contribution in [0.5, 0.6) is 0 Å². The molecule has 2 rings (SSSR count). The molecule has 94 valence electrons. The average molecular weight is 285 g/mol. The third-order valence-corrected chi connectivity index (χ3v) is 3.01. The number of thiol groups is 1. The SMILES string of the molecule is O=C([O-])CCc1nnn(Cc2ccccc2)c1S.[Na+]. The third-order valence-electron chi connectivity index (χ3n) is 2.52. The summed E-state index contributed by atoms with van der Waals surface area (Å²) in [5.41, 5.74) is 1.67. The van der Waals surface area contributed by atoms with Crippen LogP contribution in [0.2, 0.25) is 0 Å². The summed E-state index contributed by atoms with van der Waals surface area (Å²) in [5, 5.41) is 18.9. The van der Waals surface area contributed by atoms with Crippen molar-refractivity contribution in [3.63, 3.8) is 0 Å². The van der Waals surface area contributed by atoms with Crippen LogP contribution < -0.4 is 34.7 Å². The number of aliphatic carboxylic acids is 1. The Morgan fingerprint density at radius 3 is 2.63 bits per heavy atom. The van der Waals surface area contributed by atoms with Gasteiger partial charge in [0.15, 0.2) is 0 Å². The van der Waals surface area contributed by atoms with Crippen LogP contribution in [0, 0.1) is 0 Å². The minimum atomic E-state index is -1.10. The van der Waals surface area contributed by atoms with Gasteiger partial charge in [-0.2, -0.15) is 0 Å². The van der Waals surface area contributed by atoms with E-state index in [4.69, 9.17) is 0 Å². The molecule has 0 aliphatic carbocycles. The van der Waals surface area contributed by atoms with Crippen LogP contribution in [0.15, 0.2) is 35.4 Å². The molecule has 0 unspecified atom stereocenters. The van der Waals surface area contributed by atoms with E-state index in [2.05, 4.69) is 22.9 Å². The molecule has 1 aromatic heterocycles. The second kappa shape index (κ2) is 7.69. The number of nitrogens with zero attached hydrogens (tertiary/aromatic N) is 3. The first-order valence-corrected chi connectivity index (χ1v) is 5.96. The van der Waals surface area contributed by atoms with E-state index in [1.54, 1.807) is 4.68 Å². The van der Waals surface area contributed by atoms with Crippen LogP contribution in [-0.4, -0.2) is 21.0 Å². The summed E-state index contributed by atoms with van der Waals surface area (Å²) >= 11 is 4.32. The van der Waals surface area contributed by atoms with Crippen molar-refractivity contribution in [3.8, 4) is 0 Å². The number of carbonyl (C=O) groups excluding carboxylic acids is 1. The number of aromatic nitrogens is 3. The molecule has 1 heterocycles. The van der Waals surface area contributed by atoms with E-state index in [9.17, 15) is 9.90 Å². The van der Waals surface area contributed by atoms with Crippen molar-refractivity contribution in [1.82, 2.24) is 15.0 Å². The molecule has 7 heteroatoms. The molecule has 5 nitrogen and oxygen atoms in total. The molecule has 0 N–H and O–H groups in total. The van der Waals surface area contributed by atoms with Crippen LogP contribution in [0.1, 0.15) is 17.7 Å². The Labute approximate surface area is 138 Å². The number of hydrogen-bond acceptors (Lipinski definition) is 5. The number of carboxylic acids is 1. The van der Waals surface area contributed by atoms with Crippen molar-refractivity contribution in [2.75, 3.05) is 0 Å². The molecule has 2 aromatic rings. The second-order valence-corrected chi connectivity index (χ2v) is 4.30. The topological polar surface area (TPSA) is 70.8 Å². The Balaban J connectivity index is 0.00000180. The molecule has 0 radical (unpaired) electrons. The number of carboxylic acid groups (broad SMARTS) is 1. The Hall–Kier alpha value is -0.820. The summed E-state index contributed by atoms with van der Waals surface area (Å²) in [5.74, 6) is -1.10. The van der Waals surface area contributed by atoms with E-state index in [1.807, 2.05) is 30.3 Å². The van der Waals surface area contributed by atoms with E-state index in [1.165, 1.54) is 0 Å². The van der Waals surface area contributed by atoms with E-state index < -0.39 is 5.97 Å². The van der Waals surface area contributed by atoms with E-state index >= 15 is 0 Å². The van der Waals surface area contributed by atoms with Crippen molar-refractivity contribution in [1.29, 1.82) is 0 Å². The molecule has 0 fully saturated rings. The van der Waals surface area contributed by atoms with Gasteiger partial charge in [-0.1, -0.05) is 35.5 Å². The van der Waals surface area contributed by atoms with Gasteiger partial charge in [-0.05, 0) is 18.4 Å². The maximum atomic E-state index is 10.4. The fourth-order valence-electron chi connectivity index (χ4n) is 1.59. The van der Waals surface area contributed by atoms with Gasteiger partial charge in [0.2, 0.25) is 0 Å². The third kappa shape index (κ3) is 4.65. The Morgan fingerprint density at radius 2 is 2.00 bits per heavy atom. The molecule has 0 spiro atoms. The fourth-order valence-corrected chi connectivity index (χ4v) is 1.86. The molecular weight excluding hydrogens is 273 g/mol. The van der Waals surface area contributed by atoms with E-state index in [0.29, 0.717) is 17.3 Å². The van der Waals surface area contributed by atoms with Crippen molar-refractivity contribution in [2.24, 2.45) is 0 Å². The number of aryl methyl sites for hydroxylation is 1. The van der Waals surface area contributed by atoms with Gasteiger partial charge in [0.1, 0.15) is 5.03 Å². The maximum absolute atomic E-state index is 10.4. The standard InChI is InChI=1S/C12H13N3O2S.Na/c16-11(17)7-6-10-12(18)15(14-13-10)8-9-4-2-1-3-5-9;/h1-5,18H,6-8H2,(H,16,17);/q;+1/p-1. The van der Waals surface area contributed by atoms with Gasteiger partial charge >= 0.3 is 29.6 Å². The van der Waals surface area contributed by atoms with Crippen molar-refractivity contribution < 1.29 is 39.5 Å². The van der Waals surface area contributed by atoms with Crippen LogP contribution >= 0.6 is 12.6 Å². The molecule has 0 saturated carbocycles. The largest absolute Gasteiger partial charge is 1.00 e. The van der Waals surface area contributed by atoms with Crippen LogP contribution in [0.25, 0.3) is 0 Å². The van der Waals surface area contributed by atoms with E-state index in [-0.39, 0.29) is 42.4 Å². The van der Waals surface area contributed by atoms with Gasteiger partial charge in [0.05, 0.1) is 12.2 Å². The molecule has 0 aliphatic heterocycles. The molecule has 19 heavy (non-hydrogen) atoms. The van der Waals surface area contributed by atoms with Crippen molar-refractivity contribution >= 4 is 18.6 Å². The van der Waals surface area contributed by atoms with Gasteiger partial charge < -0.3 is 9.90 Å². The van der Waals surface area contributed by atoms with Gasteiger partial charge in [0, 0.05) is 5.97 Å². The van der Waals surface area contributed by atoms with Gasteiger partial charge in [-0.3, -0.25) is 0 Å². The monoisotopic (exact) mass is 285 g/mol. The summed E-state index contributed by atoms with van der Waals surface area (Å²) in [6.45, 7) is 0.567.